The van der Waals surface area contributed by atoms with Crippen molar-refractivity contribution in [3.63, 3.8) is 0 Å². The number of nitrogens with one attached hydrogen (secondary N) is 1. The molecule has 0 aliphatic heterocycles. The molecule has 1 unspecified atom stereocenters. The van der Waals surface area contributed by atoms with Crippen LogP contribution in [0.2, 0.25) is 0 Å². The molecular weight excluding hydrogens is 202 g/mol. The van der Waals surface area contributed by atoms with Gasteiger partial charge in [-0.3, -0.25) is 4.79 Å². The molecule has 0 radical (unpaired) electrons. The SMILES string of the molecule is CC(=O)NC(CCC(O)=C[N+]#N)C(=O)O. The standard InChI is InChI=1S/C8H11N3O4/c1-5(12)11-7(8(14)15)3-2-6(13)4-10-9/h4,7H,2-3H2,1H3,(H2-,11,12,13,14,15)/p+1. The van der Waals surface area contributed by atoms with Crippen molar-refractivity contribution in [3.8, 4) is 0 Å². The molecule has 0 heterocycles. The second-order valence-corrected chi connectivity index (χ2v) is 2.87. The Kier molecular flexibility index (Phi) is 5.48. The fourth-order valence-corrected chi connectivity index (χ4v) is 0.926. The van der Waals surface area contributed by atoms with E-state index < -0.39 is 17.9 Å². The lowest BCUT2D eigenvalue weighted by atomic mass is 10.1. The Morgan fingerprint density at radius 3 is 2.53 bits per heavy atom. The number of hydrogen-bond donors (Lipinski definition) is 3. The van der Waals surface area contributed by atoms with Crippen LogP contribution in [0.15, 0.2) is 12.0 Å². The number of aliphatic hydroxyl groups is 1. The van der Waals surface area contributed by atoms with Crippen molar-refractivity contribution >= 4 is 11.9 Å². The fraction of sp³-hybridized carbons (Fsp3) is 0.500. The molecule has 1 amide bonds. The van der Waals surface area contributed by atoms with Crippen LogP contribution in [0, 0.1) is 5.39 Å². The van der Waals surface area contributed by atoms with Crippen LogP contribution >= 0.6 is 0 Å². The zero-order chi connectivity index (χ0) is 11.8. The van der Waals surface area contributed by atoms with Crippen molar-refractivity contribution in [1.29, 1.82) is 5.39 Å². The molecule has 0 aliphatic rings. The molecule has 0 aromatic rings. The van der Waals surface area contributed by atoms with E-state index in [2.05, 4.69) is 10.3 Å². The summed E-state index contributed by atoms with van der Waals surface area (Å²) in [6.07, 6.45) is 0.820. The average molecular weight is 214 g/mol. The Morgan fingerprint density at radius 1 is 1.53 bits per heavy atom. The summed E-state index contributed by atoms with van der Waals surface area (Å²) in [5, 5.41) is 28.0. The van der Waals surface area contributed by atoms with E-state index in [0.717, 1.165) is 6.20 Å². The lowest BCUT2D eigenvalue weighted by Gasteiger charge is -2.11. The minimum absolute atomic E-state index is 0.00130. The van der Waals surface area contributed by atoms with Gasteiger partial charge in [-0.05, 0) is 6.42 Å². The fourth-order valence-electron chi connectivity index (χ4n) is 0.926. The van der Waals surface area contributed by atoms with Crippen molar-refractivity contribution in [1.82, 2.24) is 5.32 Å². The van der Waals surface area contributed by atoms with Crippen molar-refractivity contribution in [2.75, 3.05) is 0 Å². The molecule has 7 nitrogen and oxygen atoms in total. The first-order chi connectivity index (χ1) is 6.97. The predicted molar refractivity (Wildman–Crippen MR) is 50.3 cm³/mol. The third-order valence-corrected chi connectivity index (χ3v) is 1.57. The largest absolute Gasteiger partial charge is 0.505 e. The first-order valence-corrected chi connectivity index (χ1v) is 4.19. The lowest BCUT2D eigenvalue weighted by molar-refractivity contribution is -0.141. The van der Waals surface area contributed by atoms with Gasteiger partial charge in [-0.15, -0.1) is 0 Å². The van der Waals surface area contributed by atoms with Gasteiger partial charge in [0.15, 0.2) is 10.7 Å². The number of aliphatic carboxylic acids is 1. The molecule has 1 atom stereocenters. The van der Waals surface area contributed by atoms with Gasteiger partial charge in [0.2, 0.25) is 11.3 Å². The molecule has 0 saturated heterocycles. The van der Waals surface area contributed by atoms with Crippen molar-refractivity contribution in [2.45, 2.75) is 25.8 Å². The zero-order valence-electron chi connectivity index (χ0n) is 8.17. The third-order valence-electron chi connectivity index (χ3n) is 1.57. The summed E-state index contributed by atoms with van der Waals surface area (Å²) in [7, 11) is 0. The molecule has 0 bridgehead atoms. The van der Waals surface area contributed by atoms with Crippen LogP contribution in [0.1, 0.15) is 19.8 Å². The molecule has 82 valence electrons. The van der Waals surface area contributed by atoms with Gasteiger partial charge in [-0.2, -0.15) is 0 Å². The van der Waals surface area contributed by atoms with E-state index in [1.54, 1.807) is 0 Å². The van der Waals surface area contributed by atoms with E-state index in [1.165, 1.54) is 6.92 Å². The zero-order valence-corrected chi connectivity index (χ0v) is 8.17. The summed E-state index contributed by atoms with van der Waals surface area (Å²) < 4.78 is 0. The number of amides is 1. The van der Waals surface area contributed by atoms with Gasteiger partial charge in [0.25, 0.3) is 0 Å². The quantitative estimate of drug-likeness (QED) is 0.458. The number of nitrogens with zero attached hydrogens (tertiary/aromatic N) is 2. The normalized spacial score (nSPS) is 12.7. The number of carbonyl (C=O) groups is 2. The van der Waals surface area contributed by atoms with Gasteiger partial charge < -0.3 is 15.5 Å². The molecule has 3 N–H and O–H groups in total. The molecule has 0 aromatic carbocycles. The van der Waals surface area contributed by atoms with Crippen LogP contribution in [-0.4, -0.2) is 28.1 Å². The van der Waals surface area contributed by atoms with Gasteiger partial charge >= 0.3 is 12.2 Å². The van der Waals surface area contributed by atoms with Crippen LogP contribution in [0.3, 0.4) is 0 Å². The summed E-state index contributed by atoms with van der Waals surface area (Å²) in [5.41, 5.74) is 0. The number of carboxylic acid groups (broad SMARTS) is 1. The average Bonchev–Trinajstić information content (AvgIpc) is 2.11. The Bertz CT molecular complexity index is 318. The highest BCUT2D eigenvalue weighted by Crippen LogP contribution is 2.05. The van der Waals surface area contributed by atoms with E-state index in [-0.39, 0.29) is 18.6 Å². The molecule has 0 fully saturated rings. The van der Waals surface area contributed by atoms with E-state index in [0.29, 0.717) is 0 Å². The summed E-state index contributed by atoms with van der Waals surface area (Å²) in [6.45, 7) is 1.20. The summed E-state index contributed by atoms with van der Waals surface area (Å²) in [5.74, 6) is -1.90. The van der Waals surface area contributed by atoms with E-state index >= 15 is 0 Å². The van der Waals surface area contributed by atoms with Crippen LogP contribution in [0.4, 0.5) is 0 Å². The number of carbonyl (C=O) groups excluding carboxylic acids is 1. The monoisotopic (exact) mass is 214 g/mol. The van der Waals surface area contributed by atoms with E-state index in [1.807, 2.05) is 0 Å². The van der Waals surface area contributed by atoms with E-state index in [4.69, 9.17) is 15.6 Å². The highest BCUT2D eigenvalue weighted by atomic mass is 16.4. The predicted octanol–water partition coefficient (Wildman–Crippen LogP) is 0.608. The number of aliphatic hydroxyl groups excluding tert-OH is 1. The lowest BCUT2D eigenvalue weighted by Crippen LogP contribution is -2.39. The van der Waals surface area contributed by atoms with Crippen molar-refractivity contribution in [3.05, 3.63) is 16.9 Å². The number of hydrogen-bond acceptors (Lipinski definition) is 4. The van der Waals surface area contributed by atoms with Gasteiger partial charge in [0.05, 0.1) is 0 Å². The maximum absolute atomic E-state index is 10.6. The Balaban J connectivity index is 4.20. The topological polar surface area (TPSA) is 115 Å². The number of carboxylic acids is 1. The molecule has 7 heteroatoms. The van der Waals surface area contributed by atoms with Crippen molar-refractivity contribution < 1.29 is 19.8 Å². The second kappa shape index (κ2) is 6.37. The first kappa shape index (κ1) is 12.9. The minimum Gasteiger partial charge on any atom is -0.505 e. The van der Waals surface area contributed by atoms with Crippen LogP contribution in [0.25, 0.3) is 4.98 Å². The first-order valence-electron chi connectivity index (χ1n) is 4.19. The summed E-state index contributed by atoms with van der Waals surface area (Å²) in [4.78, 5) is 23.8. The highest BCUT2D eigenvalue weighted by molar-refractivity contribution is 5.81. The van der Waals surface area contributed by atoms with Crippen LogP contribution < -0.4 is 5.32 Å². The van der Waals surface area contributed by atoms with Crippen molar-refractivity contribution in [2.24, 2.45) is 0 Å². The molecule has 0 aliphatic carbocycles. The maximum atomic E-state index is 10.6. The molecule has 0 saturated carbocycles. The molecule has 15 heavy (non-hydrogen) atoms. The maximum Gasteiger partial charge on any atom is 0.387 e. The number of rotatable bonds is 5. The Morgan fingerprint density at radius 2 is 2.13 bits per heavy atom. The summed E-state index contributed by atoms with van der Waals surface area (Å²) >= 11 is 0. The molecule has 0 spiro atoms. The molecule has 0 rings (SSSR count). The highest BCUT2D eigenvalue weighted by Gasteiger charge is 2.18. The molecular formula is C8H12N3O4+. The number of diazo groups is 1. The third kappa shape index (κ3) is 6.04. The van der Waals surface area contributed by atoms with Crippen LogP contribution in [0.5, 0.6) is 0 Å². The van der Waals surface area contributed by atoms with Crippen LogP contribution in [-0.2, 0) is 9.59 Å². The Hall–Kier alpha value is -2.10. The smallest absolute Gasteiger partial charge is 0.387 e. The number of allylic oxidation sites excluding steroid dienone is 1. The Labute approximate surface area is 86.0 Å². The van der Waals surface area contributed by atoms with Gasteiger partial charge in [0.1, 0.15) is 6.04 Å². The van der Waals surface area contributed by atoms with E-state index in [9.17, 15) is 9.59 Å². The van der Waals surface area contributed by atoms with Gasteiger partial charge in [-0.1, -0.05) is 0 Å². The summed E-state index contributed by atoms with van der Waals surface area (Å²) in [6, 6.07) is -1.06. The molecule has 0 aromatic heterocycles. The van der Waals surface area contributed by atoms with Gasteiger partial charge in [0, 0.05) is 13.3 Å². The minimum atomic E-state index is -1.18. The van der Waals surface area contributed by atoms with Gasteiger partial charge in [-0.25, -0.2) is 4.79 Å². The second-order valence-electron chi connectivity index (χ2n) is 2.87.